The molecule has 0 fully saturated rings. The Balaban J connectivity index is 1.75. The van der Waals surface area contributed by atoms with Crippen LogP contribution in [0.1, 0.15) is 25.8 Å². The summed E-state index contributed by atoms with van der Waals surface area (Å²) in [6.45, 7) is 3.65. The van der Waals surface area contributed by atoms with Crippen LogP contribution in [0, 0.1) is 0 Å². The Morgan fingerprint density at radius 3 is 2.29 bits per heavy atom. The molecule has 7 nitrogen and oxygen atoms in total. The van der Waals surface area contributed by atoms with E-state index in [0.717, 1.165) is 6.42 Å². The summed E-state index contributed by atoms with van der Waals surface area (Å²) in [4.78, 5) is 43.1. The number of carbonyl (C=O) groups is 2. The zero-order chi connectivity index (χ0) is 24.1. The first-order valence-electron chi connectivity index (χ1n) is 11.3. The number of anilines is 2. The van der Waals surface area contributed by atoms with Crippen molar-refractivity contribution in [2.24, 2.45) is 0 Å². The van der Waals surface area contributed by atoms with Crippen LogP contribution in [0.5, 0.6) is 0 Å². The highest BCUT2D eigenvalue weighted by molar-refractivity contribution is 5.95. The van der Waals surface area contributed by atoms with E-state index in [1.807, 2.05) is 30.3 Å². The molecule has 0 radical (unpaired) electrons. The summed E-state index contributed by atoms with van der Waals surface area (Å²) in [5.74, 6) is -0.483. The van der Waals surface area contributed by atoms with Crippen molar-refractivity contribution in [2.75, 3.05) is 10.6 Å². The van der Waals surface area contributed by atoms with Gasteiger partial charge >= 0.3 is 0 Å². The van der Waals surface area contributed by atoms with Gasteiger partial charge < -0.3 is 10.6 Å². The van der Waals surface area contributed by atoms with Crippen LogP contribution in [0.25, 0.3) is 22.3 Å². The fourth-order valence-corrected chi connectivity index (χ4v) is 3.73. The molecule has 1 heterocycles. The van der Waals surface area contributed by atoms with Gasteiger partial charge in [-0.05, 0) is 42.3 Å². The van der Waals surface area contributed by atoms with E-state index in [9.17, 15) is 14.4 Å². The lowest BCUT2D eigenvalue weighted by Gasteiger charge is -2.15. The summed E-state index contributed by atoms with van der Waals surface area (Å²) in [5, 5.41) is 5.69. The number of fused-ring (bicyclic) bond motifs is 1. The van der Waals surface area contributed by atoms with E-state index < -0.39 is 5.56 Å². The average molecular weight is 455 g/mol. The Kier molecular flexibility index (Phi) is 6.82. The minimum Gasteiger partial charge on any atom is -0.325 e. The number of hydrogen-bond donors (Lipinski definition) is 2. The summed E-state index contributed by atoms with van der Waals surface area (Å²) in [6.07, 6.45) is 1.22. The molecule has 7 heteroatoms. The number of amides is 2. The first-order valence-corrected chi connectivity index (χ1v) is 11.3. The second kappa shape index (κ2) is 10.1. The van der Waals surface area contributed by atoms with Gasteiger partial charge in [0.05, 0.1) is 16.7 Å². The van der Waals surface area contributed by atoms with Crippen molar-refractivity contribution in [3.63, 3.8) is 0 Å². The molecule has 4 aromatic rings. The van der Waals surface area contributed by atoms with Crippen molar-refractivity contribution in [2.45, 2.75) is 33.2 Å². The number of benzene rings is 3. The van der Waals surface area contributed by atoms with Crippen molar-refractivity contribution in [1.29, 1.82) is 0 Å². The summed E-state index contributed by atoms with van der Waals surface area (Å²) in [6, 6.07) is 21.8. The highest BCUT2D eigenvalue weighted by atomic mass is 16.2. The molecule has 2 N–H and O–H groups in total. The van der Waals surface area contributed by atoms with Crippen molar-refractivity contribution in [1.82, 2.24) is 9.55 Å². The summed E-state index contributed by atoms with van der Waals surface area (Å²) < 4.78 is 1.42. The molecule has 0 bridgehead atoms. The van der Waals surface area contributed by atoms with E-state index in [2.05, 4.69) is 22.5 Å². The van der Waals surface area contributed by atoms with Crippen LogP contribution in [0.15, 0.2) is 77.6 Å². The number of carbonyl (C=O) groups excluding carboxylic acids is 2. The van der Waals surface area contributed by atoms with Gasteiger partial charge in [-0.3, -0.25) is 19.0 Å². The number of aromatic nitrogens is 2. The molecule has 0 unspecified atom stereocenters. The minimum absolute atomic E-state index is 0.165. The molecule has 172 valence electrons. The lowest BCUT2D eigenvalue weighted by atomic mass is 10.1. The topological polar surface area (TPSA) is 93.1 Å². The Bertz CT molecular complexity index is 1410. The zero-order valence-corrected chi connectivity index (χ0v) is 19.2. The predicted octanol–water partition coefficient (Wildman–Crippen LogP) is 4.61. The monoisotopic (exact) mass is 454 g/mol. The maximum absolute atomic E-state index is 13.6. The Hall–Kier alpha value is -4.26. The maximum atomic E-state index is 13.6. The standard InChI is InChI=1S/C27H26N4O3/c1-3-18-13-15-19(16-14-18)28-25(33)17-31-23-12-8-7-11-22(23)30-26(27(31)34)20-9-5-6-10-21(20)29-24(32)4-2/h5-16H,3-4,17H2,1-2H3,(H,28,33)(H,29,32). The van der Waals surface area contributed by atoms with Crippen LogP contribution >= 0.6 is 0 Å². The van der Waals surface area contributed by atoms with E-state index in [1.54, 1.807) is 49.4 Å². The lowest BCUT2D eigenvalue weighted by molar-refractivity contribution is -0.117. The quantitative estimate of drug-likeness (QED) is 0.426. The maximum Gasteiger partial charge on any atom is 0.278 e. The largest absolute Gasteiger partial charge is 0.325 e. The normalized spacial score (nSPS) is 10.8. The first-order chi connectivity index (χ1) is 16.5. The van der Waals surface area contributed by atoms with Gasteiger partial charge in [0.1, 0.15) is 12.2 Å². The van der Waals surface area contributed by atoms with Crippen LogP contribution in [-0.2, 0) is 22.6 Å². The molecule has 1 aromatic heterocycles. The van der Waals surface area contributed by atoms with Crippen LogP contribution < -0.4 is 16.2 Å². The van der Waals surface area contributed by atoms with Crippen LogP contribution in [0.2, 0.25) is 0 Å². The Morgan fingerprint density at radius 2 is 1.56 bits per heavy atom. The molecular weight excluding hydrogens is 428 g/mol. The third kappa shape index (κ3) is 4.88. The van der Waals surface area contributed by atoms with Gasteiger partial charge in [-0.15, -0.1) is 0 Å². The fourth-order valence-electron chi connectivity index (χ4n) is 3.73. The fraction of sp³-hybridized carbons (Fsp3) is 0.185. The van der Waals surface area contributed by atoms with E-state index in [1.165, 1.54) is 10.1 Å². The lowest BCUT2D eigenvalue weighted by Crippen LogP contribution is -2.30. The molecule has 4 rings (SSSR count). The van der Waals surface area contributed by atoms with Gasteiger partial charge in [-0.1, -0.05) is 56.3 Å². The highest BCUT2D eigenvalue weighted by Crippen LogP contribution is 2.26. The molecule has 0 saturated heterocycles. The van der Waals surface area contributed by atoms with Gasteiger partial charge in [0.2, 0.25) is 11.8 Å². The molecule has 34 heavy (non-hydrogen) atoms. The summed E-state index contributed by atoms with van der Waals surface area (Å²) >= 11 is 0. The van der Waals surface area contributed by atoms with Gasteiger partial charge in [-0.2, -0.15) is 0 Å². The molecular formula is C27H26N4O3. The van der Waals surface area contributed by atoms with Gasteiger partial charge in [0.25, 0.3) is 5.56 Å². The van der Waals surface area contributed by atoms with Crippen molar-refractivity contribution in [3.8, 4) is 11.3 Å². The smallest absolute Gasteiger partial charge is 0.278 e. The molecule has 2 amide bonds. The van der Waals surface area contributed by atoms with Crippen molar-refractivity contribution < 1.29 is 9.59 Å². The van der Waals surface area contributed by atoms with Crippen LogP contribution in [-0.4, -0.2) is 21.4 Å². The number of rotatable bonds is 7. The number of nitrogens with zero attached hydrogens (tertiary/aromatic N) is 2. The van der Waals surface area contributed by atoms with Gasteiger partial charge in [-0.25, -0.2) is 4.98 Å². The Labute approximate surface area is 197 Å². The van der Waals surface area contributed by atoms with E-state index >= 15 is 0 Å². The number of hydrogen-bond acceptors (Lipinski definition) is 4. The van der Waals surface area contributed by atoms with Crippen LogP contribution in [0.3, 0.4) is 0 Å². The molecule has 0 saturated carbocycles. The molecule has 3 aromatic carbocycles. The predicted molar refractivity (Wildman–Crippen MR) is 135 cm³/mol. The van der Waals surface area contributed by atoms with Gasteiger partial charge in [0, 0.05) is 17.7 Å². The second-order valence-corrected chi connectivity index (χ2v) is 7.89. The number of aryl methyl sites for hydroxylation is 1. The van der Waals surface area contributed by atoms with E-state index in [4.69, 9.17) is 0 Å². The first kappa shape index (κ1) is 22.9. The average Bonchev–Trinajstić information content (AvgIpc) is 2.86. The molecule has 0 aliphatic carbocycles. The minimum atomic E-state index is -0.409. The summed E-state index contributed by atoms with van der Waals surface area (Å²) in [5.41, 5.74) is 3.75. The third-order valence-electron chi connectivity index (χ3n) is 5.58. The number of para-hydroxylation sites is 3. The van der Waals surface area contributed by atoms with Crippen molar-refractivity contribution >= 4 is 34.2 Å². The van der Waals surface area contributed by atoms with Gasteiger partial charge in [0.15, 0.2) is 0 Å². The number of nitrogens with one attached hydrogen (secondary N) is 2. The zero-order valence-electron chi connectivity index (χ0n) is 19.2. The molecule has 0 spiro atoms. The van der Waals surface area contributed by atoms with Crippen molar-refractivity contribution in [3.05, 3.63) is 88.7 Å². The van der Waals surface area contributed by atoms with E-state index in [-0.39, 0.29) is 24.1 Å². The second-order valence-electron chi connectivity index (χ2n) is 7.89. The van der Waals surface area contributed by atoms with E-state index in [0.29, 0.717) is 34.4 Å². The molecule has 0 aliphatic rings. The molecule has 0 atom stereocenters. The third-order valence-corrected chi connectivity index (χ3v) is 5.58. The molecule has 0 aliphatic heterocycles. The Morgan fingerprint density at radius 1 is 0.853 bits per heavy atom. The SMILES string of the molecule is CCC(=O)Nc1ccccc1-c1nc2ccccc2n(CC(=O)Nc2ccc(CC)cc2)c1=O. The highest BCUT2D eigenvalue weighted by Gasteiger charge is 2.18. The van der Waals surface area contributed by atoms with Crippen LogP contribution in [0.4, 0.5) is 11.4 Å². The summed E-state index contributed by atoms with van der Waals surface area (Å²) in [7, 11) is 0.